The Bertz CT molecular complexity index is 835. The highest BCUT2D eigenvalue weighted by atomic mass is 32.1. The summed E-state index contributed by atoms with van der Waals surface area (Å²) in [7, 11) is 0. The van der Waals surface area contributed by atoms with Gasteiger partial charge in [-0.05, 0) is 49.5 Å². The zero-order chi connectivity index (χ0) is 18.8. The van der Waals surface area contributed by atoms with E-state index in [1.165, 1.54) is 36.9 Å². The maximum atomic E-state index is 13.0. The predicted octanol–water partition coefficient (Wildman–Crippen LogP) is 3.41. The third kappa shape index (κ3) is 3.44. The van der Waals surface area contributed by atoms with Crippen LogP contribution in [0.2, 0.25) is 0 Å². The highest BCUT2D eigenvalue weighted by Crippen LogP contribution is 2.39. The Balaban J connectivity index is 1.62. The van der Waals surface area contributed by atoms with Crippen molar-refractivity contribution < 1.29 is 19.1 Å². The van der Waals surface area contributed by atoms with E-state index in [1.807, 2.05) is 0 Å². The molecule has 6 nitrogen and oxygen atoms in total. The van der Waals surface area contributed by atoms with E-state index in [-0.39, 0.29) is 11.4 Å². The molecule has 0 aromatic carbocycles. The van der Waals surface area contributed by atoms with E-state index >= 15 is 0 Å². The number of piperidine rings is 1. The van der Waals surface area contributed by atoms with Crippen LogP contribution in [0.25, 0.3) is 0 Å². The molecule has 4 heterocycles. The van der Waals surface area contributed by atoms with Crippen molar-refractivity contribution >= 4 is 23.0 Å². The number of carbonyl (C=O) groups is 2. The minimum absolute atomic E-state index is 0.107. The third-order valence-corrected chi connectivity index (χ3v) is 6.08. The van der Waals surface area contributed by atoms with Crippen LogP contribution in [0.1, 0.15) is 40.7 Å². The molecule has 2 aromatic rings. The van der Waals surface area contributed by atoms with E-state index in [0.29, 0.717) is 17.2 Å². The average Bonchev–Trinajstić information content (AvgIpc) is 3.43. The molecule has 4 rings (SSSR count). The smallest absolute Gasteiger partial charge is 0.290 e. The van der Waals surface area contributed by atoms with Gasteiger partial charge in [0.1, 0.15) is 11.8 Å². The van der Waals surface area contributed by atoms with Gasteiger partial charge in [-0.1, -0.05) is 12.5 Å². The zero-order valence-corrected chi connectivity index (χ0v) is 15.8. The molecule has 142 valence electrons. The van der Waals surface area contributed by atoms with Crippen LogP contribution in [-0.2, 0) is 4.79 Å². The predicted molar refractivity (Wildman–Crippen MR) is 102 cm³/mol. The van der Waals surface area contributed by atoms with Crippen molar-refractivity contribution in [2.45, 2.75) is 25.3 Å². The van der Waals surface area contributed by atoms with Crippen molar-refractivity contribution in [3.8, 4) is 0 Å². The van der Waals surface area contributed by atoms with Gasteiger partial charge in [0.2, 0.25) is 5.78 Å². The maximum absolute atomic E-state index is 13.0. The molecule has 2 aliphatic heterocycles. The first-order valence-corrected chi connectivity index (χ1v) is 10.1. The number of aliphatic hydroxyl groups is 1. The van der Waals surface area contributed by atoms with Crippen molar-refractivity contribution in [2.75, 3.05) is 26.2 Å². The number of thiophene rings is 1. The molecule has 2 aromatic heterocycles. The minimum Gasteiger partial charge on any atom is -0.503 e. The highest BCUT2D eigenvalue weighted by Gasteiger charge is 2.45. The van der Waals surface area contributed by atoms with Crippen LogP contribution in [0.15, 0.2) is 51.7 Å². The SMILES string of the molecule is O=C(C1=C(O)C(=O)N(CCN2CCCCC2)C1c1ccco1)c1cccs1. The lowest BCUT2D eigenvalue weighted by atomic mass is 10.00. The summed E-state index contributed by atoms with van der Waals surface area (Å²) >= 11 is 1.29. The Kier molecular flexibility index (Phi) is 5.13. The number of ketones is 1. The number of carbonyl (C=O) groups excluding carboxylic acids is 2. The molecular weight excluding hydrogens is 364 g/mol. The number of nitrogens with zero attached hydrogens (tertiary/aromatic N) is 2. The van der Waals surface area contributed by atoms with Gasteiger partial charge in [-0.25, -0.2) is 0 Å². The van der Waals surface area contributed by atoms with E-state index in [1.54, 1.807) is 34.5 Å². The normalized spacial score (nSPS) is 21.3. The second-order valence-corrected chi connectivity index (χ2v) is 7.84. The van der Waals surface area contributed by atoms with Crippen LogP contribution in [0.5, 0.6) is 0 Å². The summed E-state index contributed by atoms with van der Waals surface area (Å²) in [6, 6.07) is 6.26. The number of likely N-dealkylation sites (tertiary alicyclic amines) is 1. The molecule has 0 radical (unpaired) electrons. The molecule has 1 amide bonds. The molecule has 7 heteroatoms. The Morgan fingerprint density at radius 1 is 1.19 bits per heavy atom. The maximum Gasteiger partial charge on any atom is 0.290 e. The van der Waals surface area contributed by atoms with Gasteiger partial charge in [0.05, 0.1) is 16.7 Å². The fourth-order valence-corrected chi connectivity index (χ4v) is 4.51. The Labute approximate surface area is 161 Å². The van der Waals surface area contributed by atoms with Gasteiger partial charge in [0.15, 0.2) is 5.76 Å². The van der Waals surface area contributed by atoms with Gasteiger partial charge in [0, 0.05) is 13.1 Å². The molecule has 1 fully saturated rings. The number of furan rings is 1. The van der Waals surface area contributed by atoms with E-state index < -0.39 is 17.7 Å². The molecule has 1 saturated heterocycles. The fraction of sp³-hybridized carbons (Fsp3) is 0.400. The van der Waals surface area contributed by atoms with Crippen molar-refractivity contribution in [1.82, 2.24) is 9.80 Å². The second kappa shape index (κ2) is 7.70. The van der Waals surface area contributed by atoms with Crippen LogP contribution < -0.4 is 0 Å². The van der Waals surface area contributed by atoms with Gasteiger partial charge in [-0.15, -0.1) is 11.3 Å². The molecule has 0 spiro atoms. The van der Waals surface area contributed by atoms with Crippen molar-refractivity contribution in [3.05, 3.63) is 57.9 Å². The molecule has 1 unspecified atom stereocenters. The summed E-state index contributed by atoms with van der Waals surface area (Å²) in [5.41, 5.74) is 0.107. The monoisotopic (exact) mass is 386 g/mol. The van der Waals surface area contributed by atoms with Crippen LogP contribution in [0.4, 0.5) is 0 Å². The molecule has 2 aliphatic rings. The van der Waals surface area contributed by atoms with Crippen molar-refractivity contribution in [2.24, 2.45) is 0 Å². The van der Waals surface area contributed by atoms with E-state index in [0.717, 1.165) is 19.6 Å². The molecule has 27 heavy (non-hydrogen) atoms. The van der Waals surface area contributed by atoms with Gasteiger partial charge in [-0.3, -0.25) is 9.59 Å². The van der Waals surface area contributed by atoms with Gasteiger partial charge in [-0.2, -0.15) is 0 Å². The van der Waals surface area contributed by atoms with Gasteiger partial charge >= 0.3 is 0 Å². The van der Waals surface area contributed by atoms with Crippen molar-refractivity contribution in [1.29, 1.82) is 0 Å². The van der Waals surface area contributed by atoms with Gasteiger partial charge < -0.3 is 19.3 Å². The largest absolute Gasteiger partial charge is 0.503 e. The first-order valence-electron chi connectivity index (χ1n) is 9.25. The van der Waals surface area contributed by atoms with E-state index in [2.05, 4.69) is 4.90 Å². The first-order chi connectivity index (χ1) is 13.2. The van der Waals surface area contributed by atoms with Crippen LogP contribution in [0.3, 0.4) is 0 Å². The number of aliphatic hydroxyl groups excluding tert-OH is 1. The lowest BCUT2D eigenvalue weighted by Crippen LogP contribution is -2.40. The average molecular weight is 386 g/mol. The molecular formula is C20H22N2O4S. The number of hydrogen-bond donors (Lipinski definition) is 1. The number of Topliss-reactive ketones (excluding diaryl/α,β-unsaturated/α-hetero) is 1. The molecule has 1 N–H and O–H groups in total. The fourth-order valence-electron chi connectivity index (χ4n) is 3.83. The quantitative estimate of drug-likeness (QED) is 0.770. The van der Waals surface area contributed by atoms with E-state index in [9.17, 15) is 14.7 Å². The van der Waals surface area contributed by atoms with Crippen LogP contribution in [-0.4, -0.2) is 52.8 Å². The van der Waals surface area contributed by atoms with Crippen LogP contribution >= 0.6 is 11.3 Å². The Morgan fingerprint density at radius 2 is 2.00 bits per heavy atom. The van der Waals surface area contributed by atoms with Crippen LogP contribution in [0, 0.1) is 0 Å². The first kappa shape index (κ1) is 18.0. The van der Waals surface area contributed by atoms with E-state index in [4.69, 9.17) is 4.42 Å². The lowest BCUT2D eigenvalue weighted by molar-refractivity contribution is -0.129. The number of rotatable bonds is 6. The highest BCUT2D eigenvalue weighted by molar-refractivity contribution is 7.12. The zero-order valence-electron chi connectivity index (χ0n) is 15.0. The molecule has 0 aliphatic carbocycles. The topological polar surface area (TPSA) is 74.0 Å². The standard InChI is InChI=1S/C20H22N2O4S/c23-18(15-7-5-13-27-15)16-17(14-6-4-12-26-14)22(20(25)19(16)24)11-10-21-8-2-1-3-9-21/h4-7,12-13,17,24H,1-3,8-11H2. The van der Waals surface area contributed by atoms with Crippen molar-refractivity contribution in [3.63, 3.8) is 0 Å². The summed E-state index contributed by atoms with van der Waals surface area (Å²) in [5.74, 6) is -0.801. The summed E-state index contributed by atoms with van der Waals surface area (Å²) in [6.45, 7) is 3.20. The summed E-state index contributed by atoms with van der Waals surface area (Å²) in [5, 5.41) is 12.3. The summed E-state index contributed by atoms with van der Waals surface area (Å²) in [6.07, 6.45) is 5.10. The second-order valence-electron chi connectivity index (χ2n) is 6.89. The third-order valence-electron chi connectivity index (χ3n) is 5.21. The summed E-state index contributed by atoms with van der Waals surface area (Å²) < 4.78 is 5.53. The lowest BCUT2D eigenvalue weighted by Gasteiger charge is -2.30. The number of amides is 1. The molecule has 0 saturated carbocycles. The molecule has 1 atom stereocenters. The minimum atomic E-state index is -0.688. The summed E-state index contributed by atoms with van der Waals surface area (Å²) in [4.78, 5) is 30.1. The Hall–Kier alpha value is -2.38. The number of hydrogen-bond acceptors (Lipinski definition) is 6. The Morgan fingerprint density at radius 3 is 2.67 bits per heavy atom. The van der Waals surface area contributed by atoms with Gasteiger partial charge in [0.25, 0.3) is 5.91 Å². The molecule has 0 bridgehead atoms.